The Kier molecular flexibility index (Phi) is 7.23. The highest BCUT2D eigenvalue weighted by Gasteiger charge is 2.51. The summed E-state index contributed by atoms with van der Waals surface area (Å²) in [6.07, 6.45) is -1.42. The van der Waals surface area contributed by atoms with E-state index in [1.807, 2.05) is 30.3 Å². The number of carboxylic acids is 1. The highest BCUT2D eigenvalue weighted by atomic mass is 35.5. The fraction of sp³-hybridized carbons (Fsp3) is 0.333. The summed E-state index contributed by atoms with van der Waals surface area (Å²) in [7, 11) is 1.61. The van der Waals surface area contributed by atoms with Crippen molar-refractivity contribution >= 4 is 35.4 Å². The number of piperazine rings is 1. The SMILES string of the molecule is CN1CC(=O)N2C(CC(=O)O)C(=O)N(Cc3cccc(Cl)c3)CC2N1C(=O)NCc1ccccc1. The number of nitrogens with one attached hydrogen (secondary N) is 1. The third-order valence-electron chi connectivity index (χ3n) is 6.06. The fourth-order valence-electron chi connectivity index (χ4n) is 4.52. The number of nitrogens with zero attached hydrogens (tertiary/aromatic N) is 4. The van der Waals surface area contributed by atoms with Gasteiger partial charge in [0.25, 0.3) is 0 Å². The minimum absolute atomic E-state index is 0.0241. The lowest BCUT2D eigenvalue weighted by Crippen LogP contribution is -2.76. The molecule has 0 aromatic heterocycles. The van der Waals surface area contributed by atoms with Crippen molar-refractivity contribution in [2.75, 3.05) is 20.1 Å². The van der Waals surface area contributed by atoms with Gasteiger partial charge in [-0.05, 0) is 23.3 Å². The summed E-state index contributed by atoms with van der Waals surface area (Å²) in [6.45, 7) is 0.300. The number of hydrazine groups is 1. The van der Waals surface area contributed by atoms with Crippen molar-refractivity contribution in [2.24, 2.45) is 0 Å². The Bertz CT molecular complexity index is 1130. The molecule has 2 aliphatic heterocycles. The van der Waals surface area contributed by atoms with Gasteiger partial charge in [-0.3, -0.25) is 14.4 Å². The molecule has 2 saturated heterocycles. The number of benzene rings is 2. The van der Waals surface area contributed by atoms with Crippen LogP contribution in [-0.2, 0) is 27.5 Å². The molecule has 2 fully saturated rings. The molecule has 0 spiro atoms. The lowest BCUT2D eigenvalue weighted by molar-refractivity contribution is -0.189. The van der Waals surface area contributed by atoms with E-state index in [1.54, 1.807) is 31.3 Å². The van der Waals surface area contributed by atoms with Gasteiger partial charge < -0.3 is 20.2 Å². The van der Waals surface area contributed by atoms with Gasteiger partial charge in [0.05, 0.1) is 19.5 Å². The van der Waals surface area contributed by atoms with E-state index < -0.39 is 42.4 Å². The zero-order chi connectivity index (χ0) is 25.1. The van der Waals surface area contributed by atoms with Gasteiger partial charge in [-0.25, -0.2) is 14.8 Å². The number of hydrogen-bond acceptors (Lipinski definition) is 5. The van der Waals surface area contributed by atoms with Gasteiger partial charge in [-0.2, -0.15) is 0 Å². The Balaban J connectivity index is 1.62. The van der Waals surface area contributed by atoms with Gasteiger partial charge in [0, 0.05) is 25.2 Å². The summed E-state index contributed by atoms with van der Waals surface area (Å²) in [6, 6.07) is 14.7. The van der Waals surface area contributed by atoms with Gasteiger partial charge in [0.1, 0.15) is 12.2 Å². The second-order valence-electron chi connectivity index (χ2n) is 8.55. The molecule has 2 aromatic rings. The van der Waals surface area contributed by atoms with Crippen LogP contribution < -0.4 is 5.32 Å². The van der Waals surface area contributed by atoms with E-state index in [-0.39, 0.29) is 26.2 Å². The van der Waals surface area contributed by atoms with Gasteiger partial charge in [-0.15, -0.1) is 0 Å². The quantitative estimate of drug-likeness (QED) is 0.626. The van der Waals surface area contributed by atoms with E-state index in [0.29, 0.717) is 5.02 Å². The molecule has 0 aliphatic carbocycles. The van der Waals surface area contributed by atoms with Gasteiger partial charge in [0.2, 0.25) is 11.8 Å². The van der Waals surface area contributed by atoms with Crippen molar-refractivity contribution in [2.45, 2.75) is 31.7 Å². The molecule has 2 unspecified atom stereocenters. The normalized spacial score (nSPS) is 20.6. The second kappa shape index (κ2) is 10.3. The van der Waals surface area contributed by atoms with Crippen LogP contribution in [0.1, 0.15) is 17.5 Å². The van der Waals surface area contributed by atoms with E-state index in [9.17, 15) is 24.3 Å². The third-order valence-corrected chi connectivity index (χ3v) is 6.30. The number of fused-ring (bicyclic) bond motifs is 1. The van der Waals surface area contributed by atoms with E-state index in [2.05, 4.69) is 5.32 Å². The summed E-state index contributed by atoms with van der Waals surface area (Å²) >= 11 is 6.09. The number of halogens is 1. The molecule has 2 heterocycles. The number of aliphatic carboxylic acids is 1. The van der Waals surface area contributed by atoms with Crippen LogP contribution in [0.25, 0.3) is 0 Å². The predicted molar refractivity (Wildman–Crippen MR) is 127 cm³/mol. The first kappa shape index (κ1) is 24.5. The Hall–Kier alpha value is -3.63. The summed E-state index contributed by atoms with van der Waals surface area (Å²) < 4.78 is 0. The van der Waals surface area contributed by atoms with Crippen molar-refractivity contribution in [3.63, 3.8) is 0 Å². The van der Waals surface area contributed by atoms with E-state index in [4.69, 9.17) is 11.6 Å². The smallest absolute Gasteiger partial charge is 0.334 e. The maximum atomic E-state index is 13.3. The number of hydrogen-bond donors (Lipinski definition) is 2. The average Bonchev–Trinajstić information content (AvgIpc) is 2.80. The molecular weight excluding hydrogens is 474 g/mol. The topological polar surface area (TPSA) is 114 Å². The average molecular weight is 500 g/mol. The lowest BCUT2D eigenvalue weighted by Gasteiger charge is -2.54. The standard InChI is InChI=1S/C24H26ClN5O5/c1-27-15-21(31)29-19(11-22(32)33)23(34)28(13-17-8-5-9-18(25)10-17)14-20(29)30(27)24(35)26-12-16-6-3-2-4-7-16/h2-10,19-20H,11-15H2,1H3,(H,26,35)(H,32,33). The molecular formula is C24H26ClN5O5. The summed E-state index contributed by atoms with van der Waals surface area (Å²) in [4.78, 5) is 53.9. The van der Waals surface area contributed by atoms with E-state index in [0.717, 1.165) is 11.1 Å². The van der Waals surface area contributed by atoms with Crippen molar-refractivity contribution in [1.29, 1.82) is 0 Å². The maximum Gasteiger partial charge on any atom is 0.334 e. The van der Waals surface area contributed by atoms with Crippen LogP contribution in [0.15, 0.2) is 54.6 Å². The molecule has 0 bridgehead atoms. The Morgan fingerprint density at radius 2 is 1.80 bits per heavy atom. The summed E-state index contributed by atoms with van der Waals surface area (Å²) in [5.41, 5.74) is 1.66. The molecule has 35 heavy (non-hydrogen) atoms. The van der Waals surface area contributed by atoms with Gasteiger partial charge in [-0.1, -0.05) is 54.1 Å². The highest BCUT2D eigenvalue weighted by Crippen LogP contribution is 2.28. The first-order valence-corrected chi connectivity index (χ1v) is 11.5. The van der Waals surface area contributed by atoms with Crippen LogP contribution in [0, 0.1) is 0 Å². The number of carboxylic acid groups (broad SMARTS) is 1. The largest absolute Gasteiger partial charge is 0.481 e. The van der Waals surface area contributed by atoms with Crippen molar-refractivity contribution in [3.8, 4) is 0 Å². The molecule has 2 atom stereocenters. The maximum absolute atomic E-state index is 13.3. The molecule has 11 heteroatoms. The first-order valence-electron chi connectivity index (χ1n) is 11.1. The van der Waals surface area contributed by atoms with Crippen LogP contribution in [0.2, 0.25) is 5.02 Å². The first-order chi connectivity index (χ1) is 16.7. The van der Waals surface area contributed by atoms with E-state index in [1.165, 1.54) is 19.8 Å². The van der Waals surface area contributed by atoms with Crippen LogP contribution in [-0.4, -0.2) is 81.1 Å². The van der Waals surface area contributed by atoms with Crippen LogP contribution in [0.4, 0.5) is 4.79 Å². The molecule has 0 radical (unpaired) electrons. The van der Waals surface area contributed by atoms with Gasteiger partial charge in [0.15, 0.2) is 0 Å². The van der Waals surface area contributed by atoms with Crippen LogP contribution >= 0.6 is 11.6 Å². The number of rotatable bonds is 6. The molecule has 0 saturated carbocycles. The molecule has 2 aromatic carbocycles. The highest BCUT2D eigenvalue weighted by molar-refractivity contribution is 6.30. The predicted octanol–water partition coefficient (Wildman–Crippen LogP) is 1.75. The lowest BCUT2D eigenvalue weighted by atomic mass is 10.0. The molecule has 184 valence electrons. The number of urea groups is 1. The Labute approximate surface area is 207 Å². The summed E-state index contributed by atoms with van der Waals surface area (Å²) in [5.74, 6) is -2.10. The monoisotopic (exact) mass is 499 g/mol. The zero-order valence-corrected chi connectivity index (χ0v) is 19.9. The fourth-order valence-corrected chi connectivity index (χ4v) is 4.74. The third kappa shape index (κ3) is 5.39. The molecule has 10 nitrogen and oxygen atoms in total. The second-order valence-corrected chi connectivity index (χ2v) is 8.99. The van der Waals surface area contributed by atoms with E-state index >= 15 is 0 Å². The van der Waals surface area contributed by atoms with Crippen LogP contribution in [0.5, 0.6) is 0 Å². The Morgan fingerprint density at radius 3 is 2.49 bits per heavy atom. The Morgan fingerprint density at radius 1 is 1.09 bits per heavy atom. The molecule has 4 amide bonds. The number of amides is 4. The van der Waals surface area contributed by atoms with Crippen molar-refractivity contribution in [3.05, 3.63) is 70.7 Å². The molecule has 4 rings (SSSR count). The molecule has 2 aliphatic rings. The zero-order valence-electron chi connectivity index (χ0n) is 19.1. The minimum Gasteiger partial charge on any atom is -0.481 e. The number of carbonyl (C=O) groups excluding carboxylic acids is 3. The van der Waals surface area contributed by atoms with Crippen molar-refractivity contribution in [1.82, 2.24) is 25.1 Å². The number of carbonyl (C=O) groups is 4. The summed E-state index contributed by atoms with van der Waals surface area (Å²) in [5, 5.41) is 15.7. The van der Waals surface area contributed by atoms with Crippen molar-refractivity contribution < 1.29 is 24.3 Å². The van der Waals surface area contributed by atoms with Gasteiger partial charge >= 0.3 is 12.0 Å². The minimum atomic E-state index is -1.23. The van der Waals surface area contributed by atoms with Crippen LogP contribution in [0.3, 0.4) is 0 Å². The number of likely N-dealkylation sites (N-methyl/N-ethyl adjacent to an activating group) is 1. The molecule has 2 N–H and O–H groups in total.